The number of anilines is 1. The lowest BCUT2D eigenvalue weighted by Gasteiger charge is -2.16. The second-order valence-electron chi connectivity index (χ2n) is 7.18. The zero-order valence-electron chi connectivity index (χ0n) is 18.1. The molecule has 3 rings (SSSR count). The summed E-state index contributed by atoms with van der Waals surface area (Å²) in [6, 6.07) is 11.0. The van der Waals surface area contributed by atoms with Gasteiger partial charge in [0.1, 0.15) is 5.75 Å². The topological polar surface area (TPSA) is 69.0 Å². The number of hydrogen-bond acceptors (Lipinski definition) is 5. The lowest BCUT2D eigenvalue weighted by molar-refractivity contribution is -0.113. The number of aryl methyl sites for hydroxylation is 2. The number of nitrogens with one attached hydrogen (secondary N) is 1. The molecule has 1 heterocycles. The van der Waals surface area contributed by atoms with Crippen LogP contribution >= 0.6 is 35.0 Å². The summed E-state index contributed by atoms with van der Waals surface area (Å²) in [5.74, 6) is 1.32. The standard InChI is InChI=1S/C23H24Cl2N4O2S/c1-5-11-29-22(16(4)31-17-10-9-14(2)15(3)12-17)27-28-23(29)32-13-20(30)26-19-8-6-7-18(24)21(19)25/h5-10,12,16H,1,11,13H2,2-4H3,(H,26,30). The molecular weight excluding hydrogens is 467 g/mol. The molecule has 168 valence electrons. The van der Waals surface area contributed by atoms with Crippen molar-refractivity contribution in [1.29, 1.82) is 0 Å². The maximum Gasteiger partial charge on any atom is 0.234 e. The summed E-state index contributed by atoms with van der Waals surface area (Å²) in [4.78, 5) is 12.4. The molecule has 6 nitrogen and oxygen atoms in total. The number of ether oxygens (including phenoxy) is 1. The van der Waals surface area contributed by atoms with Gasteiger partial charge in [-0.1, -0.05) is 53.2 Å². The van der Waals surface area contributed by atoms with Crippen molar-refractivity contribution >= 4 is 46.6 Å². The van der Waals surface area contributed by atoms with E-state index in [1.165, 1.54) is 17.3 Å². The van der Waals surface area contributed by atoms with Gasteiger partial charge in [0.15, 0.2) is 17.1 Å². The van der Waals surface area contributed by atoms with Crippen molar-refractivity contribution in [3.05, 3.63) is 76.0 Å². The summed E-state index contributed by atoms with van der Waals surface area (Å²) < 4.78 is 7.98. The van der Waals surface area contributed by atoms with E-state index in [2.05, 4.69) is 29.0 Å². The Kier molecular flexibility index (Phi) is 8.23. The molecule has 0 aliphatic heterocycles. The first-order valence-electron chi connectivity index (χ1n) is 9.94. The van der Waals surface area contributed by atoms with Gasteiger partial charge in [-0.3, -0.25) is 9.36 Å². The van der Waals surface area contributed by atoms with Gasteiger partial charge in [0.2, 0.25) is 5.91 Å². The van der Waals surface area contributed by atoms with E-state index in [-0.39, 0.29) is 17.8 Å². The number of amides is 1. The molecule has 3 aromatic rings. The maximum absolute atomic E-state index is 12.4. The summed E-state index contributed by atoms with van der Waals surface area (Å²) in [7, 11) is 0. The van der Waals surface area contributed by atoms with Crippen LogP contribution in [0.4, 0.5) is 5.69 Å². The highest BCUT2D eigenvalue weighted by Crippen LogP contribution is 2.30. The van der Waals surface area contributed by atoms with Crippen molar-refractivity contribution < 1.29 is 9.53 Å². The van der Waals surface area contributed by atoms with E-state index in [9.17, 15) is 4.79 Å². The molecule has 0 aliphatic rings. The van der Waals surface area contributed by atoms with Gasteiger partial charge < -0.3 is 10.1 Å². The lowest BCUT2D eigenvalue weighted by Crippen LogP contribution is -2.16. The minimum atomic E-state index is -0.335. The van der Waals surface area contributed by atoms with Crippen LogP contribution in [-0.4, -0.2) is 26.4 Å². The molecular formula is C23H24Cl2N4O2S. The highest BCUT2D eigenvalue weighted by atomic mass is 35.5. The van der Waals surface area contributed by atoms with E-state index in [4.69, 9.17) is 27.9 Å². The second-order valence-corrected chi connectivity index (χ2v) is 8.91. The van der Waals surface area contributed by atoms with Crippen LogP contribution in [0.3, 0.4) is 0 Å². The van der Waals surface area contributed by atoms with Gasteiger partial charge in [-0.05, 0) is 56.2 Å². The van der Waals surface area contributed by atoms with Crippen molar-refractivity contribution in [2.45, 2.75) is 38.6 Å². The molecule has 0 aliphatic carbocycles. The van der Waals surface area contributed by atoms with Crippen LogP contribution in [0.1, 0.15) is 30.0 Å². The van der Waals surface area contributed by atoms with E-state index >= 15 is 0 Å². The zero-order valence-corrected chi connectivity index (χ0v) is 20.4. The summed E-state index contributed by atoms with van der Waals surface area (Å²) >= 11 is 13.4. The number of halogens is 2. The number of thioether (sulfide) groups is 1. The highest BCUT2D eigenvalue weighted by Gasteiger charge is 2.20. The van der Waals surface area contributed by atoms with Crippen molar-refractivity contribution in [3.63, 3.8) is 0 Å². The Morgan fingerprint density at radius 1 is 1.25 bits per heavy atom. The number of rotatable bonds is 9. The number of aromatic nitrogens is 3. The third-order valence-electron chi connectivity index (χ3n) is 4.77. The molecule has 1 atom stereocenters. The van der Waals surface area contributed by atoms with Crippen molar-refractivity contribution in [2.24, 2.45) is 0 Å². The molecule has 1 aromatic heterocycles. The van der Waals surface area contributed by atoms with Crippen LogP contribution in [0.25, 0.3) is 0 Å². The van der Waals surface area contributed by atoms with Gasteiger partial charge >= 0.3 is 0 Å². The van der Waals surface area contributed by atoms with Crippen molar-refractivity contribution in [3.8, 4) is 5.75 Å². The van der Waals surface area contributed by atoms with E-state index in [1.807, 2.05) is 36.6 Å². The molecule has 0 bridgehead atoms. The zero-order chi connectivity index (χ0) is 23.3. The van der Waals surface area contributed by atoms with Gasteiger partial charge in [-0.2, -0.15) is 0 Å². The third-order valence-corrected chi connectivity index (χ3v) is 6.56. The van der Waals surface area contributed by atoms with Crippen LogP contribution in [-0.2, 0) is 11.3 Å². The Morgan fingerprint density at radius 3 is 2.75 bits per heavy atom. The fourth-order valence-corrected chi connectivity index (χ4v) is 4.07. The quantitative estimate of drug-likeness (QED) is 0.283. The predicted octanol–water partition coefficient (Wildman–Crippen LogP) is 6.26. The van der Waals surface area contributed by atoms with Gasteiger partial charge in [0.05, 0.1) is 21.5 Å². The Hall–Kier alpha value is -2.48. The normalized spacial score (nSPS) is 11.8. The van der Waals surface area contributed by atoms with Gasteiger partial charge in [0, 0.05) is 6.54 Å². The second kappa shape index (κ2) is 10.9. The SMILES string of the molecule is C=CCn1c(SCC(=O)Nc2cccc(Cl)c2Cl)nnc1C(C)Oc1ccc(C)c(C)c1. The summed E-state index contributed by atoms with van der Waals surface area (Å²) in [6.07, 6.45) is 1.42. The molecule has 9 heteroatoms. The smallest absolute Gasteiger partial charge is 0.234 e. The van der Waals surface area contributed by atoms with Crippen LogP contribution in [0.2, 0.25) is 10.0 Å². The average Bonchev–Trinajstić information content (AvgIpc) is 3.15. The molecule has 0 saturated heterocycles. The number of allylic oxidation sites excluding steroid dienone is 1. The fraction of sp³-hybridized carbons (Fsp3) is 0.261. The van der Waals surface area contributed by atoms with Gasteiger partial charge in [-0.25, -0.2) is 0 Å². The number of carbonyl (C=O) groups excluding carboxylic acids is 1. The molecule has 32 heavy (non-hydrogen) atoms. The van der Waals surface area contributed by atoms with Crippen LogP contribution < -0.4 is 10.1 Å². The largest absolute Gasteiger partial charge is 0.483 e. The van der Waals surface area contributed by atoms with E-state index in [1.54, 1.807) is 24.3 Å². The monoisotopic (exact) mass is 490 g/mol. The lowest BCUT2D eigenvalue weighted by atomic mass is 10.1. The Labute approximate surface area is 202 Å². The van der Waals surface area contributed by atoms with E-state index in [0.29, 0.717) is 33.3 Å². The molecule has 0 spiro atoms. The van der Waals surface area contributed by atoms with Crippen LogP contribution in [0.15, 0.2) is 54.2 Å². The van der Waals surface area contributed by atoms with Crippen LogP contribution in [0.5, 0.6) is 5.75 Å². The number of nitrogens with zero attached hydrogens (tertiary/aromatic N) is 3. The molecule has 0 fully saturated rings. The average molecular weight is 491 g/mol. The minimum absolute atomic E-state index is 0.129. The van der Waals surface area contributed by atoms with Crippen molar-refractivity contribution in [2.75, 3.05) is 11.1 Å². The molecule has 1 amide bonds. The third kappa shape index (κ3) is 5.85. The summed E-state index contributed by atoms with van der Waals surface area (Å²) in [5.41, 5.74) is 2.83. The van der Waals surface area contributed by atoms with Gasteiger partial charge in [0.25, 0.3) is 0 Å². The molecule has 1 unspecified atom stereocenters. The fourth-order valence-electron chi connectivity index (χ4n) is 2.97. The number of benzene rings is 2. The molecule has 1 N–H and O–H groups in total. The molecule has 0 radical (unpaired) electrons. The Morgan fingerprint density at radius 2 is 2.03 bits per heavy atom. The highest BCUT2D eigenvalue weighted by molar-refractivity contribution is 7.99. The Balaban J connectivity index is 1.69. The number of carbonyl (C=O) groups is 1. The van der Waals surface area contributed by atoms with Gasteiger partial charge in [-0.15, -0.1) is 16.8 Å². The first-order chi connectivity index (χ1) is 15.3. The van der Waals surface area contributed by atoms with E-state index < -0.39 is 0 Å². The predicted molar refractivity (Wildman–Crippen MR) is 131 cm³/mol. The molecule has 0 saturated carbocycles. The Bertz CT molecular complexity index is 1130. The first kappa shape index (κ1) is 24.2. The summed E-state index contributed by atoms with van der Waals surface area (Å²) in [6.45, 7) is 10.3. The van der Waals surface area contributed by atoms with Crippen molar-refractivity contribution in [1.82, 2.24) is 14.8 Å². The first-order valence-corrected chi connectivity index (χ1v) is 11.7. The minimum Gasteiger partial charge on any atom is -0.483 e. The van der Waals surface area contributed by atoms with E-state index in [0.717, 1.165) is 11.3 Å². The number of hydrogen-bond donors (Lipinski definition) is 1. The molecule has 2 aromatic carbocycles. The summed E-state index contributed by atoms with van der Waals surface area (Å²) in [5, 5.41) is 12.6. The van der Waals surface area contributed by atoms with Crippen LogP contribution in [0, 0.1) is 13.8 Å². The maximum atomic E-state index is 12.4.